The number of rotatable bonds is 2. The second-order valence-electron chi connectivity index (χ2n) is 6.20. The maximum absolute atomic E-state index is 13.2. The summed E-state index contributed by atoms with van der Waals surface area (Å²) in [6.45, 7) is 0. The molecule has 0 aliphatic heterocycles. The van der Waals surface area contributed by atoms with Gasteiger partial charge in [0.15, 0.2) is 5.78 Å². The Morgan fingerprint density at radius 3 is 2.43 bits per heavy atom. The fourth-order valence-corrected chi connectivity index (χ4v) is 3.44. The van der Waals surface area contributed by atoms with Gasteiger partial charge < -0.3 is 4.57 Å². The molecule has 0 radical (unpaired) electrons. The van der Waals surface area contributed by atoms with Crippen molar-refractivity contribution in [3.8, 4) is 11.1 Å². The van der Waals surface area contributed by atoms with Crippen molar-refractivity contribution in [1.82, 2.24) is 9.55 Å². The molecule has 0 saturated heterocycles. The number of carbonyl (C=O) groups excluding carboxylic acids is 2. The van der Waals surface area contributed by atoms with E-state index in [9.17, 15) is 24.5 Å². The zero-order valence-corrected chi connectivity index (χ0v) is 15.1. The predicted octanol–water partition coefficient (Wildman–Crippen LogP) is 2.78. The van der Waals surface area contributed by atoms with Crippen LogP contribution in [-0.2, 0) is 7.05 Å². The van der Waals surface area contributed by atoms with E-state index in [1.807, 2.05) is 0 Å². The average Bonchev–Trinajstić information content (AvgIpc) is 2.67. The summed E-state index contributed by atoms with van der Waals surface area (Å²) in [6.07, 6.45) is 1.28. The summed E-state index contributed by atoms with van der Waals surface area (Å²) in [5, 5.41) is 11.3. The third-order valence-electron chi connectivity index (χ3n) is 4.54. The lowest BCUT2D eigenvalue weighted by Gasteiger charge is -2.20. The van der Waals surface area contributed by atoms with Gasteiger partial charge in [-0.25, -0.2) is 4.98 Å². The second-order valence-corrected chi connectivity index (χ2v) is 6.59. The molecule has 1 aliphatic carbocycles. The molecule has 9 heteroatoms. The third-order valence-corrected chi connectivity index (χ3v) is 4.73. The Bertz CT molecular complexity index is 1280. The standard InChI is InChI=1S/C19H10ClN3O5/c1-22-8-12-11(7-15(22)24)19(26)17-16(18(12)25)10(6-14(20)21-17)9-4-2-3-5-13(9)23(27)28/h2-8H,1H3. The minimum absolute atomic E-state index is 0.0311. The van der Waals surface area contributed by atoms with Crippen LogP contribution in [0.25, 0.3) is 11.1 Å². The van der Waals surface area contributed by atoms with Gasteiger partial charge in [0.2, 0.25) is 5.78 Å². The van der Waals surface area contributed by atoms with Crippen molar-refractivity contribution < 1.29 is 14.5 Å². The van der Waals surface area contributed by atoms with Crippen molar-refractivity contribution >= 4 is 28.9 Å². The van der Waals surface area contributed by atoms with Gasteiger partial charge in [-0.3, -0.25) is 24.5 Å². The first-order chi connectivity index (χ1) is 13.3. The molecule has 0 bridgehead atoms. The molecular formula is C19H10ClN3O5. The molecule has 4 rings (SSSR count). The van der Waals surface area contributed by atoms with E-state index in [-0.39, 0.29) is 44.4 Å². The van der Waals surface area contributed by atoms with Crippen LogP contribution in [0, 0.1) is 10.1 Å². The summed E-state index contributed by atoms with van der Waals surface area (Å²) in [5.74, 6) is -1.19. The van der Waals surface area contributed by atoms with Crippen LogP contribution in [0.3, 0.4) is 0 Å². The number of aromatic nitrogens is 2. The number of ketones is 2. The topological polar surface area (TPSA) is 112 Å². The number of carbonyl (C=O) groups is 2. The molecule has 0 unspecified atom stereocenters. The Hall–Kier alpha value is -3.65. The highest BCUT2D eigenvalue weighted by Crippen LogP contribution is 2.38. The minimum Gasteiger partial charge on any atom is -0.318 e. The number of pyridine rings is 2. The zero-order valence-electron chi connectivity index (χ0n) is 14.3. The van der Waals surface area contributed by atoms with E-state index in [4.69, 9.17) is 11.6 Å². The number of para-hydroxylation sites is 1. The first-order valence-corrected chi connectivity index (χ1v) is 8.42. The number of nitro benzene ring substituents is 1. The van der Waals surface area contributed by atoms with Gasteiger partial charge in [-0.1, -0.05) is 23.7 Å². The van der Waals surface area contributed by atoms with Crippen molar-refractivity contribution in [2.45, 2.75) is 0 Å². The monoisotopic (exact) mass is 395 g/mol. The SMILES string of the molecule is Cn1cc2c(cc1=O)C(=O)c1nc(Cl)cc(-c3ccccc3[N+](=O)[O-])c1C2=O. The Kier molecular flexibility index (Phi) is 3.93. The molecule has 0 amide bonds. The summed E-state index contributed by atoms with van der Waals surface area (Å²) in [7, 11) is 1.46. The van der Waals surface area contributed by atoms with Crippen LogP contribution >= 0.6 is 11.6 Å². The number of nitro groups is 1. The van der Waals surface area contributed by atoms with Crippen LogP contribution in [-0.4, -0.2) is 26.0 Å². The summed E-state index contributed by atoms with van der Waals surface area (Å²) >= 11 is 6.05. The maximum atomic E-state index is 13.2. The molecule has 138 valence electrons. The van der Waals surface area contributed by atoms with Gasteiger partial charge in [-0.05, 0) is 12.1 Å². The molecule has 28 heavy (non-hydrogen) atoms. The number of hydrogen-bond acceptors (Lipinski definition) is 6. The van der Waals surface area contributed by atoms with E-state index in [1.54, 1.807) is 6.07 Å². The third kappa shape index (κ3) is 2.54. The summed E-state index contributed by atoms with van der Waals surface area (Å²) in [5.41, 5.74) is -0.751. The maximum Gasteiger partial charge on any atom is 0.277 e. The lowest BCUT2D eigenvalue weighted by Crippen LogP contribution is -2.28. The Labute approximate surface area is 162 Å². The van der Waals surface area contributed by atoms with Crippen LogP contribution < -0.4 is 5.56 Å². The number of hydrogen-bond donors (Lipinski definition) is 0. The molecule has 2 aromatic heterocycles. The molecule has 3 aromatic rings. The highest BCUT2D eigenvalue weighted by Gasteiger charge is 2.35. The molecule has 1 aromatic carbocycles. The highest BCUT2D eigenvalue weighted by atomic mass is 35.5. The van der Waals surface area contributed by atoms with Crippen LogP contribution in [0.1, 0.15) is 32.0 Å². The molecule has 2 heterocycles. The van der Waals surface area contributed by atoms with Crippen LogP contribution in [0.15, 0.2) is 47.4 Å². The van der Waals surface area contributed by atoms with Crippen molar-refractivity contribution in [2.75, 3.05) is 0 Å². The first kappa shape index (κ1) is 17.7. The van der Waals surface area contributed by atoms with Crippen LogP contribution in [0.5, 0.6) is 0 Å². The number of halogens is 1. The van der Waals surface area contributed by atoms with Gasteiger partial charge in [-0.15, -0.1) is 0 Å². The van der Waals surface area contributed by atoms with Gasteiger partial charge in [-0.2, -0.15) is 0 Å². The fourth-order valence-electron chi connectivity index (χ4n) is 3.24. The van der Waals surface area contributed by atoms with Crippen LogP contribution in [0.4, 0.5) is 5.69 Å². The van der Waals surface area contributed by atoms with Crippen molar-refractivity contribution in [2.24, 2.45) is 7.05 Å². The largest absolute Gasteiger partial charge is 0.318 e. The predicted molar refractivity (Wildman–Crippen MR) is 99.9 cm³/mol. The quantitative estimate of drug-likeness (QED) is 0.293. The minimum atomic E-state index is -0.635. The average molecular weight is 396 g/mol. The Morgan fingerprint density at radius 2 is 1.71 bits per heavy atom. The van der Waals surface area contributed by atoms with Gasteiger partial charge in [0, 0.05) is 36.5 Å². The molecule has 0 N–H and O–H groups in total. The molecule has 0 atom stereocenters. The summed E-state index contributed by atoms with van der Waals surface area (Å²) < 4.78 is 1.18. The number of nitrogens with zero attached hydrogens (tertiary/aromatic N) is 3. The summed E-state index contributed by atoms with van der Waals surface area (Å²) in [6, 6.07) is 8.23. The van der Waals surface area contributed by atoms with E-state index in [2.05, 4.69) is 4.98 Å². The van der Waals surface area contributed by atoms with Crippen LogP contribution in [0.2, 0.25) is 5.15 Å². The fraction of sp³-hybridized carbons (Fsp3) is 0.0526. The molecular weight excluding hydrogens is 386 g/mol. The molecule has 0 fully saturated rings. The van der Waals surface area contributed by atoms with Gasteiger partial charge in [0.05, 0.1) is 21.6 Å². The van der Waals surface area contributed by atoms with E-state index < -0.39 is 22.0 Å². The second kappa shape index (κ2) is 6.21. The lowest BCUT2D eigenvalue weighted by atomic mass is 9.84. The van der Waals surface area contributed by atoms with E-state index in [0.29, 0.717) is 0 Å². The summed E-state index contributed by atoms with van der Waals surface area (Å²) in [4.78, 5) is 52.8. The Balaban J connectivity index is 2.08. The molecule has 1 aliphatic rings. The normalized spacial score (nSPS) is 12.5. The first-order valence-electron chi connectivity index (χ1n) is 8.04. The van der Waals surface area contributed by atoms with E-state index in [0.717, 1.165) is 6.07 Å². The highest BCUT2D eigenvalue weighted by molar-refractivity contribution is 6.33. The Morgan fingerprint density at radius 1 is 1.00 bits per heavy atom. The molecule has 0 saturated carbocycles. The molecule has 0 spiro atoms. The van der Waals surface area contributed by atoms with Gasteiger partial charge in [0.25, 0.3) is 11.2 Å². The smallest absolute Gasteiger partial charge is 0.277 e. The van der Waals surface area contributed by atoms with E-state index in [1.165, 1.54) is 42.1 Å². The number of benzene rings is 1. The van der Waals surface area contributed by atoms with E-state index >= 15 is 0 Å². The van der Waals surface area contributed by atoms with Gasteiger partial charge >= 0.3 is 0 Å². The number of aryl methyl sites for hydroxylation is 1. The molecule has 8 nitrogen and oxygen atoms in total. The van der Waals surface area contributed by atoms with Gasteiger partial charge in [0.1, 0.15) is 10.8 Å². The number of fused-ring (bicyclic) bond motifs is 2. The van der Waals surface area contributed by atoms with Crippen molar-refractivity contribution in [3.63, 3.8) is 0 Å². The van der Waals surface area contributed by atoms with Crippen molar-refractivity contribution in [3.05, 3.63) is 90.6 Å². The lowest BCUT2D eigenvalue weighted by molar-refractivity contribution is -0.384. The van der Waals surface area contributed by atoms with Crippen molar-refractivity contribution in [1.29, 1.82) is 0 Å². The zero-order chi connectivity index (χ0) is 20.2.